The lowest BCUT2D eigenvalue weighted by atomic mass is 10.0. The number of aryl methyl sites for hydroxylation is 1. The van der Waals surface area contributed by atoms with Crippen LogP contribution in [0.4, 0.5) is 0 Å². The number of piperidine rings is 1. The predicted octanol–water partition coefficient (Wildman–Crippen LogP) is 2.30. The molecule has 1 fully saturated rings. The van der Waals surface area contributed by atoms with E-state index in [0.717, 1.165) is 22.5 Å². The van der Waals surface area contributed by atoms with Gasteiger partial charge in [-0.3, -0.25) is 0 Å². The van der Waals surface area contributed by atoms with E-state index in [9.17, 15) is 0 Å². The van der Waals surface area contributed by atoms with Crippen molar-refractivity contribution in [1.82, 2.24) is 15.3 Å². The molecule has 0 atom stereocenters. The minimum absolute atomic E-state index is 0. The molecule has 3 nitrogen and oxygen atoms in total. The molecule has 1 aliphatic rings. The Hall–Kier alpha value is -0.320. The Morgan fingerprint density at radius 1 is 1.44 bits per heavy atom. The second-order valence-electron chi connectivity index (χ2n) is 3.98. The van der Waals surface area contributed by atoms with E-state index < -0.39 is 0 Å². The molecule has 16 heavy (non-hydrogen) atoms. The topological polar surface area (TPSA) is 37.8 Å². The highest BCUT2D eigenvalue weighted by molar-refractivity contribution is 7.99. The molecule has 0 unspecified atom stereocenters. The van der Waals surface area contributed by atoms with Crippen LogP contribution in [0.15, 0.2) is 17.4 Å². The molecule has 1 saturated heterocycles. The van der Waals surface area contributed by atoms with E-state index in [-0.39, 0.29) is 12.4 Å². The van der Waals surface area contributed by atoms with Crippen LogP contribution in [0.5, 0.6) is 0 Å². The van der Waals surface area contributed by atoms with Crippen molar-refractivity contribution in [1.29, 1.82) is 0 Å². The molecule has 1 aliphatic heterocycles. The van der Waals surface area contributed by atoms with Crippen LogP contribution in [0.1, 0.15) is 18.5 Å². The Bertz CT molecular complexity index is 316. The zero-order valence-corrected chi connectivity index (χ0v) is 11.1. The summed E-state index contributed by atoms with van der Waals surface area (Å²) in [6, 6.07) is 1.94. The molecule has 0 saturated carbocycles. The van der Waals surface area contributed by atoms with Crippen LogP contribution >= 0.6 is 24.2 Å². The average Bonchev–Trinajstić information content (AvgIpc) is 2.28. The second-order valence-corrected chi connectivity index (χ2v) is 4.97. The second kappa shape index (κ2) is 7.09. The molecular formula is C11H18ClN3S. The first-order valence-corrected chi connectivity index (χ1v) is 6.46. The lowest BCUT2D eigenvalue weighted by molar-refractivity contribution is 0.407. The predicted molar refractivity (Wildman–Crippen MR) is 70.3 cm³/mol. The van der Waals surface area contributed by atoms with Gasteiger partial charge in [0.25, 0.3) is 0 Å². The van der Waals surface area contributed by atoms with Gasteiger partial charge >= 0.3 is 0 Å². The molecule has 0 radical (unpaired) electrons. The number of hydrogen-bond acceptors (Lipinski definition) is 4. The molecule has 1 aromatic heterocycles. The maximum absolute atomic E-state index is 4.39. The van der Waals surface area contributed by atoms with Crippen molar-refractivity contribution in [3.63, 3.8) is 0 Å². The number of rotatable bonds is 3. The fraction of sp³-hybridized carbons (Fsp3) is 0.636. The van der Waals surface area contributed by atoms with Crippen LogP contribution in [0, 0.1) is 12.8 Å². The SMILES string of the molecule is Cc1ccnc(SCC2CCNCC2)n1.Cl. The summed E-state index contributed by atoms with van der Waals surface area (Å²) in [6.07, 6.45) is 4.42. The van der Waals surface area contributed by atoms with Gasteiger partial charge in [-0.25, -0.2) is 9.97 Å². The Balaban J connectivity index is 0.00000128. The minimum atomic E-state index is 0. The van der Waals surface area contributed by atoms with Crippen molar-refractivity contribution in [2.75, 3.05) is 18.8 Å². The van der Waals surface area contributed by atoms with E-state index in [4.69, 9.17) is 0 Å². The summed E-state index contributed by atoms with van der Waals surface area (Å²) in [4.78, 5) is 8.65. The van der Waals surface area contributed by atoms with E-state index in [1.54, 1.807) is 11.8 Å². The van der Waals surface area contributed by atoms with E-state index in [1.165, 1.54) is 25.9 Å². The van der Waals surface area contributed by atoms with Crippen LogP contribution < -0.4 is 5.32 Å². The highest BCUT2D eigenvalue weighted by Gasteiger charge is 2.13. The van der Waals surface area contributed by atoms with Crippen molar-refractivity contribution in [3.8, 4) is 0 Å². The molecular weight excluding hydrogens is 242 g/mol. The number of aromatic nitrogens is 2. The highest BCUT2D eigenvalue weighted by Crippen LogP contribution is 2.21. The zero-order valence-electron chi connectivity index (χ0n) is 9.48. The maximum Gasteiger partial charge on any atom is 0.187 e. The molecule has 2 rings (SSSR count). The molecule has 0 aliphatic carbocycles. The molecule has 0 aromatic carbocycles. The zero-order chi connectivity index (χ0) is 10.5. The van der Waals surface area contributed by atoms with Gasteiger partial charge in [0, 0.05) is 17.6 Å². The monoisotopic (exact) mass is 259 g/mol. The maximum atomic E-state index is 4.39. The summed E-state index contributed by atoms with van der Waals surface area (Å²) in [7, 11) is 0. The summed E-state index contributed by atoms with van der Waals surface area (Å²) in [6.45, 7) is 4.34. The van der Waals surface area contributed by atoms with Crippen molar-refractivity contribution >= 4 is 24.2 Å². The van der Waals surface area contributed by atoms with Crippen molar-refractivity contribution < 1.29 is 0 Å². The van der Waals surface area contributed by atoms with Gasteiger partial charge in [0.15, 0.2) is 5.16 Å². The van der Waals surface area contributed by atoms with Gasteiger partial charge in [0.05, 0.1) is 0 Å². The third-order valence-electron chi connectivity index (χ3n) is 2.68. The quantitative estimate of drug-likeness (QED) is 0.668. The lowest BCUT2D eigenvalue weighted by Crippen LogP contribution is -2.28. The van der Waals surface area contributed by atoms with E-state index in [1.807, 2.05) is 19.2 Å². The fourth-order valence-electron chi connectivity index (χ4n) is 1.74. The van der Waals surface area contributed by atoms with Crippen molar-refractivity contribution in [2.45, 2.75) is 24.9 Å². The Morgan fingerprint density at radius 3 is 2.88 bits per heavy atom. The Kier molecular flexibility index (Phi) is 6.09. The minimum Gasteiger partial charge on any atom is -0.317 e. The lowest BCUT2D eigenvalue weighted by Gasteiger charge is -2.21. The Morgan fingerprint density at radius 2 is 2.19 bits per heavy atom. The summed E-state index contributed by atoms with van der Waals surface area (Å²) in [5, 5.41) is 4.31. The number of nitrogens with zero attached hydrogens (tertiary/aromatic N) is 2. The van der Waals surface area contributed by atoms with E-state index in [2.05, 4.69) is 15.3 Å². The third-order valence-corrected chi connectivity index (χ3v) is 3.77. The largest absolute Gasteiger partial charge is 0.317 e. The fourth-order valence-corrected chi connectivity index (χ4v) is 2.80. The number of nitrogens with one attached hydrogen (secondary N) is 1. The molecule has 0 spiro atoms. The van der Waals surface area contributed by atoms with Gasteiger partial charge in [0.2, 0.25) is 0 Å². The van der Waals surface area contributed by atoms with Gasteiger partial charge in [0.1, 0.15) is 0 Å². The number of hydrogen-bond donors (Lipinski definition) is 1. The Labute approximate surface area is 107 Å². The number of thioether (sulfide) groups is 1. The van der Waals surface area contributed by atoms with Crippen LogP contribution in [0.2, 0.25) is 0 Å². The third kappa shape index (κ3) is 4.28. The van der Waals surface area contributed by atoms with E-state index in [0.29, 0.717) is 0 Å². The molecule has 1 N–H and O–H groups in total. The first-order chi connectivity index (χ1) is 7.34. The van der Waals surface area contributed by atoms with Crippen molar-refractivity contribution in [2.24, 2.45) is 5.92 Å². The molecule has 0 bridgehead atoms. The molecule has 2 heterocycles. The standard InChI is InChI=1S/C11H17N3S.ClH/c1-9-2-7-13-11(14-9)15-8-10-3-5-12-6-4-10;/h2,7,10,12H,3-6,8H2,1H3;1H. The summed E-state index contributed by atoms with van der Waals surface area (Å²) in [5.74, 6) is 1.99. The molecule has 5 heteroatoms. The molecule has 1 aromatic rings. The average molecular weight is 260 g/mol. The molecule has 0 amide bonds. The first kappa shape index (κ1) is 13.7. The van der Waals surface area contributed by atoms with Crippen LogP contribution in [0.3, 0.4) is 0 Å². The first-order valence-electron chi connectivity index (χ1n) is 5.48. The van der Waals surface area contributed by atoms with Crippen LogP contribution in [-0.2, 0) is 0 Å². The van der Waals surface area contributed by atoms with Gasteiger partial charge in [-0.1, -0.05) is 11.8 Å². The normalized spacial score (nSPS) is 16.8. The summed E-state index contributed by atoms with van der Waals surface area (Å²) < 4.78 is 0. The van der Waals surface area contributed by atoms with E-state index >= 15 is 0 Å². The van der Waals surface area contributed by atoms with Gasteiger partial charge < -0.3 is 5.32 Å². The van der Waals surface area contributed by atoms with Crippen LogP contribution in [0.25, 0.3) is 0 Å². The highest BCUT2D eigenvalue weighted by atomic mass is 35.5. The van der Waals surface area contributed by atoms with Crippen molar-refractivity contribution in [3.05, 3.63) is 18.0 Å². The summed E-state index contributed by atoms with van der Waals surface area (Å²) >= 11 is 1.79. The number of halogens is 1. The van der Waals surface area contributed by atoms with Gasteiger partial charge in [-0.05, 0) is 44.8 Å². The van der Waals surface area contributed by atoms with Gasteiger partial charge in [-0.15, -0.1) is 12.4 Å². The summed E-state index contributed by atoms with van der Waals surface area (Å²) in [5.41, 5.74) is 1.05. The molecule has 90 valence electrons. The smallest absolute Gasteiger partial charge is 0.187 e. The van der Waals surface area contributed by atoms with Gasteiger partial charge in [-0.2, -0.15) is 0 Å². The van der Waals surface area contributed by atoms with Crippen LogP contribution in [-0.4, -0.2) is 28.8 Å².